The van der Waals surface area contributed by atoms with E-state index in [0.717, 1.165) is 33.9 Å². The lowest BCUT2D eigenvalue weighted by molar-refractivity contribution is -0.135. The summed E-state index contributed by atoms with van der Waals surface area (Å²) in [5, 5.41) is 3.37. The van der Waals surface area contributed by atoms with Gasteiger partial charge in [-0.05, 0) is 46.6 Å². The van der Waals surface area contributed by atoms with E-state index in [-0.39, 0.29) is 30.3 Å². The van der Waals surface area contributed by atoms with Crippen molar-refractivity contribution in [1.82, 2.24) is 15.2 Å². The van der Waals surface area contributed by atoms with Gasteiger partial charge in [0.1, 0.15) is 0 Å². The maximum atomic E-state index is 13.0. The Morgan fingerprint density at radius 2 is 2.30 bits per heavy atom. The van der Waals surface area contributed by atoms with Crippen molar-refractivity contribution in [3.05, 3.63) is 50.9 Å². The average molecular weight is 417 g/mol. The molecule has 0 aromatic carbocycles. The first-order valence-corrected chi connectivity index (χ1v) is 8.94. The normalized spacial score (nSPS) is 19.0. The predicted octanol–water partition coefficient (Wildman–Crippen LogP) is 3.60. The molecule has 1 saturated heterocycles. The number of halogens is 2. The van der Waals surface area contributed by atoms with Crippen LogP contribution in [0.3, 0.4) is 0 Å². The summed E-state index contributed by atoms with van der Waals surface area (Å²) in [6.07, 6.45) is 3.61. The van der Waals surface area contributed by atoms with Gasteiger partial charge in [0, 0.05) is 36.9 Å². The molecule has 0 bridgehead atoms. The summed E-state index contributed by atoms with van der Waals surface area (Å²) >= 11 is 5.10. The van der Waals surface area contributed by atoms with Crippen LogP contribution in [-0.4, -0.2) is 35.4 Å². The molecule has 2 aromatic rings. The monoisotopic (exact) mass is 415 g/mol. The van der Waals surface area contributed by atoms with Gasteiger partial charge in [0.25, 0.3) is 0 Å². The molecule has 0 saturated carbocycles. The molecule has 1 fully saturated rings. The van der Waals surface area contributed by atoms with E-state index < -0.39 is 0 Å². The minimum atomic E-state index is -0.117. The van der Waals surface area contributed by atoms with E-state index in [9.17, 15) is 4.79 Å². The molecular weight excluding hydrogens is 398 g/mol. The Hall–Kier alpha value is -0.950. The highest BCUT2D eigenvalue weighted by Crippen LogP contribution is 2.32. The first-order valence-electron chi connectivity index (χ1n) is 7.33. The Kier molecular flexibility index (Phi) is 6.59. The number of piperazine rings is 1. The second kappa shape index (κ2) is 8.24. The molecule has 0 radical (unpaired) electrons. The molecule has 3 heterocycles. The summed E-state index contributed by atoms with van der Waals surface area (Å²) in [5.74, 6) is 0.0678. The largest absolute Gasteiger partial charge is 0.332 e. The van der Waals surface area contributed by atoms with E-state index in [1.165, 1.54) is 0 Å². The quantitative estimate of drug-likeness (QED) is 0.831. The van der Waals surface area contributed by atoms with E-state index in [1.807, 2.05) is 42.3 Å². The zero-order chi connectivity index (χ0) is 15.5. The summed E-state index contributed by atoms with van der Waals surface area (Å²) < 4.78 is 1.06. The number of nitrogens with zero attached hydrogens (tertiary/aromatic N) is 2. The van der Waals surface area contributed by atoms with Crippen molar-refractivity contribution in [2.75, 3.05) is 19.6 Å². The van der Waals surface area contributed by atoms with E-state index in [4.69, 9.17) is 0 Å². The average Bonchev–Trinajstić information content (AvgIpc) is 3.01. The van der Waals surface area contributed by atoms with Crippen LogP contribution in [0.2, 0.25) is 0 Å². The fraction of sp³-hybridized carbons (Fsp3) is 0.375. The molecule has 1 N–H and O–H groups in total. The molecule has 124 valence electrons. The minimum Gasteiger partial charge on any atom is -0.332 e. The van der Waals surface area contributed by atoms with Gasteiger partial charge in [0.15, 0.2) is 0 Å². The molecular formula is C16H19BrClN3OS. The Labute approximate surface area is 154 Å². The number of rotatable bonds is 3. The summed E-state index contributed by atoms with van der Waals surface area (Å²) in [6.45, 7) is 4.33. The Bertz CT molecular complexity index is 652. The highest BCUT2D eigenvalue weighted by atomic mass is 79.9. The number of carbonyl (C=O) groups is 1. The lowest BCUT2D eigenvalue weighted by Gasteiger charge is -2.37. The maximum Gasteiger partial charge on any atom is 0.231 e. The van der Waals surface area contributed by atoms with Gasteiger partial charge >= 0.3 is 0 Å². The molecule has 1 amide bonds. The van der Waals surface area contributed by atoms with Crippen molar-refractivity contribution in [3.8, 4) is 0 Å². The molecule has 7 heteroatoms. The molecule has 0 aliphatic carbocycles. The topological polar surface area (TPSA) is 45.2 Å². The molecule has 3 rings (SSSR count). The Morgan fingerprint density at radius 1 is 1.48 bits per heavy atom. The van der Waals surface area contributed by atoms with Crippen LogP contribution in [0.25, 0.3) is 0 Å². The van der Waals surface area contributed by atoms with Crippen LogP contribution < -0.4 is 5.32 Å². The van der Waals surface area contributed by atoms with Gasteiger partial charge in [0.05, 0.1) is 15.7 Å². The SMILES string of the molecule is CC(C(=O)N1CCNCC1c1cccnc1)c1ccc(Br)s1.Cl. The molecule has 4 nitrogen and oxygen atoms in total. The van der Waals surface area contributed by atoms with Gasteiger partial charge in [-0.15, -0.1) is 23.7 Å². The number of hydrogen-bond acceptors (Lipinski definition) is 4. The first kappa shape index (κ1) is 18.4. The summed E-state index contributed by atoms with van der Waals surface area (Å²) in [6, 6.07) is 8.04. The summed E-state index contributed by atoms with van der Waals surface area (Å²) in [7, 11) is 0. The van der Waals surface area contributed by atoms with Gasteiger partial charge in [-0.1, -0.05) is 6.07 Å². The van der Waals surface area contributed by atoms with Gasteiger partial charge in [-0.2, -0.15) is 0 Å². The minimum absolute atomic E-state index is 0. The summed E-state index contributed by atoms with van der Waals surface area (Å²) in [5.41, 5.74) is 1.09. The van der Waals surface area contributed by atoms with Crippen LogP contribution in [-0.2, 0) is 4.79 Å². The highest BCUT2D eigenvalue weighted by molar-refractivity contribution is 9.11. The lowest BCUT2D eigenvalue weighted by atomic mass is 10.0. The zero-order valence-electron chi connectivity index (χ0n) is 12.7. The maximum absolute atomic E-state index is 13.0. The molecule has 0 spiro atoms. The number of pyridine rings is 1. The zero-order valence-corrected chi connectivity index (χ0v) is 16.0. The number of aromatic nitrogens is 1. The van der Waals surface area contributed by atoms with E-state index in [1.54, 1.807) is 17.5 Å². The number of hydrogen-bond donors (Lipinski definition) is 1. The molecule has 1 aliphatic rings. The van der Waals surface area contributed by atoms with Crippen molar-refractivity contribution in [3.63, 3.8) is 0 Å². The van der Waals surface area contributed by atoms with Gasteiger partial charge < -0.3 is 10.2 Å². The van der Waals surface area contributed by atoms with E-state index in [0.29, 0.717) is 0 Å². The fourth-order valence-electron chi connectivity index (χ4n) is 2.77. The van der Waals surface area contributed by atoms with Crippen LogP contribution in [0.5, 0.6) is 0 Å². The predicted molar refractivity (Wildman–Crippen MR) is 99.2 cm³/mol. The lowest BCUT2D eigenvalue weighted by Crippen LogP contribution is -2.49. The van der Waals surface area contributed by atoms with Crippen molar-refractivity contribution >= 4 is 45.6 Å². The van der Waals surface area contributed by atoms with Gasteiger partial charge in [-0.3, -0.25) is 9.78 Å². The standard InChI is InChI=1S/C16H18BrN3OS.ClH/c1-11(14-4-5-15(17)22-14)16(21)20-8-7-19-10-13(20)12-3-2-6-18-9-12;/h2-6,9,11,13,19H,7-8,10H2,1H3;1H. The van der Waals surface area contributed by atoms with Crippen LogP contribution in [0.4, 0.5) is 0 Å². The van der Waals surface area contributed by atoms with Crippen LogP contribution >= 0.6 is 39.7 Å². The fourth-order valence-corrected chi connectivity index (χ4v) is 4.24. The third-order valence-corrected chi connectivity index (χ3v) is 5.79. The Balaban J connectivity index is 0.00000192. The van der Waals surface area contributed by atoms with Crippen LogP contribution in [0.1, 0.15) is 29.3 Å². The first-order chi connectivity index (χ1) is 10.7. The van der Waals surface area contributed by atoms with Crippen LogP contribution in [0, 0.1) is 0 Å². The number of carbonyl (C=O) groups excluding carboxylic acids is 1. The number of amides is 1. The second-order valence-corrected chi connectivity index (χ2v) is 7.90. The third kappa shape index (κ3) is 4.12. The second-order valence-electron chi connectivity index (χ2n) is 5.40. The van der Waals surface area contributed by atoms with Crippen molar-refractivity contribution in [1.29, 1.82) is 0 Å². The number of thiophene rings is 1. The molecule has 2 atom stereocenters. The van der Waals surface area contributed by atoms with E-state index >= 15 is 0 Å². The van der Waals surface area contributed by atoms with Crippen LogP contribution in [0.15, 0.2) is 40.4 Å². The molecule has 2 unspecified atom stereocenters. The highest BCUT2D eigenvalue weighted by Gasteiger charge is 2.31. The van der Waals surface area contributed by atoms with Crippen molar-refractivity contribution < 1.29 is 4.79 Å². The van der Waals surface area contributed by atoms with Gasteiger partial charge in [-0.25, -0.2) is 0 Å². The molecule has 2 aromatic heterocycles. The Morgan fingerprint density at radius 3 is 2.96 bits per heavy atom. The smallest absolute Gasteiger partial charge is 0.231 e. The molecule has 23 heavy (non-hydrogen) atoms. The van der Waals surface area contributed by atoms with E-state index in [2.05, 4.69) is 26.2 Å². The van der Waals surface area contributed by atoms with Crippen molar-refractivity contribution in [2.45, 2.75) is 18.9 Å². The molecule has 1 aliphatic heterocycles. The summed E-state index contributed by atoms with van der Waals surface area (Å²) in [4.78, 5) is 20.2. The number of nitrogens with one attached hydrogen (secondary N) is 1. The van der Waals surface area contributed by atoms with Crippen molar-refractivity contribution in [2.24, 2.45) is 0 Å². The third-order valence-electron chi connectivity index (χ3n) is 3.99. The van der Waals surface area contributed by atoms with Gasteiger partial charge in [0.2, 0.25) is 5.91 Å².